The summed E-state index contributed by atoms with van der Waals surface area (Å²) in [4.78, 5) is 1.33. The van der Waals surface area contributed by atoms with Gasteiger partial charge >= 0.3 is 0 Å². The Morgan fingerprint density at radius 3 is 2.40 bits per heavy atom. The minimum absolute atomic E-state index is 0.213. The predicted molar refractivity (Wildman–Crippen MR) is 81.7 cm³/mol. The van der Waals surface area contributed by atoms with Crippen LogP contribution in [0.25, 0.3) is 0 Å². The second kappa shape index (κ2) is 5.88. The smallest absolute Gasteiger partial charge is 0.265 e. The molecule has 1 aromatic heterocycles. The molecule has 108 valence electrons. The first-order chi connectivity index (χ1) is 9.44. The summed E-state index contributed by atoms with van der Waals surface area (Å²) in [6, 6.07) is 7.34. The number of H-pyrrole nitrogens is 1. The van der Waals surface area contributed by atoms with E-state index in [-0.39, 0.29) is 4.90 Å². The molecule has 7 heteroatoms. The molecule has 0 radical (unpaired) electrons. The van der Waals surface area contributed by atoms with Gasteiger partial charge in [-0.25, -0.2) is 8.42 Å². The number of sulfonamides is 1. The minimum Gasteiger partial charge on any atom is -0.281 e. The van der Waals surface area contributed by atoms with Crippen molar-refractivity contribution in [3.63, 3.8) is 0 Å². The van der Waals surface area contributed by atoms with Crippen LogP contribution in [0.1, 0.15) is 18.3 Å². The van der Waals surface area contributed by atoms with Crippen molar-refractivity contribution in [1.29, 1.82) is 0 Å². The summed E-state index contributed by atoms with van der Waals surface area (Å²) in [5.41, 5.74) is 1.55. The highest BCUT2D eigenvalue weighted by Gasteiger charge is 2.22. The minimum atomic E-state index is -3.61. The van der Waals surface area contributed by atoms with Crippen LogP contribution < -0.4 is 4.72 Å². The number of nitrogens with one attached hydrogen (secondary N) is 2. The first-order valence-electron chi connectivity index (χ1n) is 6.21. The van der Waals surface area contributed by atoms with E-state index in [4.69, 9.17) is 0 Å². The fourth-order valence-corrected chi connectivity index (χ4v) is 4.02. The fourth-order valence-electron chi connectivity index (χ4n) is 1.93. The number of hydrogen-bond donors (Lipinski definition) is 2. The Hall–Kier alpha value is -1.47. The van der Waals surface area contributed by atoms with Gasteiger partial charge in [0.15, 0.2) is 0 Å². The van der Waals surface area contributed by atoms with E-state index >= 15 is 0 Å². The van der Waals surface area contributed by atoms with Crippen LogP contribution in [-0.2, 0) is 10.0 Å². The Morgan fingerprint density at radius 2 is 1.90 bits per heavy atom. The van der Waals surface area contributed by atoms with E-state index in [1.807, 2.05) is 12.1 Å². The quantitative estimate of drug-likeness (QED) is 0.833. The average Bonchev–Trinajstić information content (AvgIpc) is 2.72. The van der Waals surface area contributed by atoms with Gasteiger partial charge in [-0.1, -0.05) is 6.92 Å². The summed E-state index contributed by atoms with van der Waals surface area (Å²) in [7, 11) is -3.61. The molecule has 0 aliphatic carbocycles. The third-order valence-corrected chi connectivity index (χ3v) is 5.28. The second-order valence-electron chi connectivity index (χ2n) is 4.33. The molecule has 0 amide bonds. The Balaban J connectivity index is 2.24. The topological polar surface area (TPSA) is 74.8 Å². The Morgan fingerprint density at radius 1 is 1.25 bits per heavy atom. The van der Waals surface area contributed by atoms with Gasteiger partial charge in [0.05, 0.1) is 11.4 Å². The number of hydrogen-bond acceptors (Lipinski definition) is 4. The summed E-state index contributed by atoms with van der Waals surface area (Å²) < 4.78 is 27.3. The summed E-state index contributed by atoms with van der Waals surface area (Å²) in [6.45, 7) is 5.43. The van der Waals surface area contributed by atoms with Crippen molar-refractivity contribution < 1.29 is 8.42 Å². The van der Waals surface area contributed by atoms with Crippen molar-refractivity contribution in [2.75, 3.05) is 10.5 Å². The van der Waals surface area contributed by atoms with Crippen molar-refractivity contribution in [3.05, 3.63) is 35.7 Å². The van der Waals surface area contributed by atoms with Crippen LogP contribution >= 0.6 is 11.8 Å². The lowest BCUT2D eigenvalue weighted by molar-refractivity contribution is 0.600. The molecule has 0 saturated carbocycles. The van der Waals surface area contributed by atoms with Gasteiger partial charge in [0.2, 0.25) is 0 Å². The molecule has 0 fully saturated rings. The van der Waals surface area contributed by atoms with E-state index in [0.29, 0.717) is 17.1 Å². The van der Waals surface area contributed by atoms with E-state index < -0.39 is 10.0 Å². The molecule has 2 aromatic rings. The Labute approximate surface area is 123 Å². The van der Waals surface area contributed by atoms with E-state index in [9.17, 15) is 8.42 Å². The lowest BCUT2D eigenvalue weighted by Crippen LogP contribution is -2.14. The zero-order chi connectivity index (χ0) is 14.8. The first-order valence-corrected chi connectivity index (χ1v) is 8.68. The highest BCUT2D eigenvalue weighted by Crippen LogP contribution is 2.23. The number of anilines is 1. The second-order valence-corrected chi connectivity index (χ2v) is 7.28. The van der Waals surface area contributed by atoms with Crippen molar-refractivity contribution >= 4 is 27.5 Å². The Kier molecular flexibility index (Phi) is 4.39. The number of nitrogens with zero attached hydrogens (tertiary/aromatic N) is 1. The maximum absolute atomic E-state index is 12.3. The average molecular weight is 311 g/mol. The van der Waals surface area contributed by atoms with E-state index in [0.717, 1.165) is 10.6 Å². The van der Waals surface area contributed by atoms with Gasteiger partial charge in [0.25, 0.3) is 10.0 Å². The van der Waals surface area contributed by atoms with Crippen LogP contribution in [0, 0.1) is 13.8 Å². The standard InChI is InChI=1S/C13H17N3O2S2/c1-4-19-12-7-5-11(6-8-12)16-20(17,18)13-9(2)14-15-10(13)3/h5-8,16H,4H2,1-3H3,(H,14,15). The maximum Gasteiger partial charge on any atom is 0.265 e. The van der Waals surface area contributed by atoms with Gasteiger partial charge in [-0.15, -0.1) is 11.8 Å². The molecule has 2 rings (SSSR count). The van der Waals surface area contributed by atoms with E-state index in [1.54, 1.807) is 37.7 Å². The molecule has 0 spiro atoms. The van der Waals surface area contributed by atoms with Crippen LogP contribution in [0.3, 0.4) is 0 Å². The zero-order valence-electron chi connectivity index (χ0n) is 11.6. The van der Waals surface area contributed by atoms with Gasteiger partial charge < -0.3 is 0 Å². The number of aromatic nitrogens is 2. The molecule has 5 nitrogen and oxygen atoms in total. The molecule has 1 heterocycles. The molecule has 0 aliphatic heterocycles. The molecule has 2 N–H and O–H groups in total. The third-order valence-electron chi connectivity index (χ3n) is 2.75. The Bertz CT molecular complexity index is 671. The van der Waals surface area contributed by atoms with Crippen molar-refractivity contribution in [2.45, 2.75) is 30.6 Å². The number of thioether (sulfide) groups is 1. The predicted octanol–water partition coefficient (Wildman–Crippen LogP) is 2.94. The first kappa shape index (κ1) is 14.9. The van der Waals surface area contributed by atoms with E-state index in [1.165, 1.54) is 0 Å². The normalized spacial score (nSPS) is 11.6. The lowest BCUT2D eigenvalue weighted by Gasteiger charge is -2.08. The molecule has 0 bridgehead atoms. The summed E-state index contributed by atoms with van der Waals surface area (Å²) >= 11 is 1.71. The lowest BCUT2D eigenvalue weighted by atomic mass is 10.3. The molecular weight excluding hydrogens is 294 g/mol. The number of aromatic amines is 1. The molecular formula is C13H17N3O2S2. The largest absolute Gasteiger partial charge is 0.281 e. The van der Waals surface area contributed by atoms with Gasteiger partial charge in [-0.05, 0) is 43.9 Å². The number of aryl methyl sites for hydroxylation is 2. The van der Waals surface area contributed by atoms with Crippen LogP contribution in [0.5, 0.6) is 0 Å². The number of rotatable bonds is 5. The van der Waals surface area contributed by atoms with Crippen molar-refractivity contribution in [2.24, 2.45) is 0 Å². The van der Waals surface area contributed by atoms with Gasteiger partial charge in [0.1, 0.15) is 4.90 Å². The van der Waals surface area contributed by atoms with Gasteiger partial charge in [0, 0.05) is 10.6 Å². The highest BCUT2D eigenvalue weighted by atomic mass is 32.2. The molecule has 20 heavy (non-hydrogen) atoms. The summed E-state index contributed by atoms with van der Waals surface area (Å²) in [5.74, 6) is 0.985. The summed E-state index contributed by atoms with van der Waals surface area (Å²) in [6.07, 6.45) is 0. The molecule has 0 atom stereocenters. The zero-order valence-corrected chi connectivity index (χ0v) is 13.2. The molecule has 1 aromatic carbocycles. The highest BCUT2D eigenvalue weighted by molar-refractivity contribution is 7.99. The van der Waals surface area contributed by atoms with Crippen LogP contribution in [0.4, 0.5) is 5.69 Å². The summed E-state index contributed by atoms with van der Waals surface area (Å²) in [5, 5.41) is 6.60. The SMILES string of the molecule is CCSc1ccc(NS(=O)(=O)c2c(C)n[nH]c2C)cc1. The third kappa shape index (κ3) is 3.16. The fraction of sp³-hybridized carbons (Fsp3) is 0.308. The van der Waals surface area contributed by atoms with Crippen LogP contribution in [0.15, 0.2) is 34.1 Å². The maximum atomic E-state index is 12.3. The van der Waals surface area contributed by atoms with E-state index in [2.05, 4.69) is 21.8 Å². The van der Waals surface area contributed by atoms with Crippen molar-refractivity contribution in [3.8, 4) is 0 Å². The van der Waals surface area contributed by atoms with Crippen LogP contribution in [-0.4, -0.2) is 24.4 Å². The van der Waals surface area contributed by atoms with Gasteiger partial charge in [-0.3, -0.25) is 9.82 Å². The van der Waals surface area contributed by atoms with Crippen LogP contribution in [0.2, 0.25) is 0 Å². The number of benzene rings is 1. The molecule has 0 saturated heterocycles. The monoisotopic (exact) mass is 311 g/mol. The van der Waals surface area contributed by atoms with Gasteiger partial charge in [-0.2, -0.15) is 5.10 Å². The molecule has 0 unspecified atom stereocenters. The van der Waals surface area contributed by atoms with Crippen molar-refractivity contribution in [1.82, 2.24) is 10.2 Å². The molecule has 0 aliphatic rings.